The minimum absolute atomic E-state index is 0.318. The van der Waals surface area contributed by atoms with Crippen LogP contribution in [0.25, 0.3) is 20.7 Å². The van der Waals surface area contributed by atoms with Crippen molar-refractivity contribution in [1.29, 1.82) is 0 Å². The fourth-order valence-corrected chi connectivity index (χ4v) is 2.95. The van der Waals surface area contributed by atoms with Gasteiger partial charge in [0.15, 0.2) is 0 Å². The number of nitrogens with zero attached hydrogens (tertiary/aromatic N) is 1. The van der Waals surface area contributed by atoms with Crippen molar-refractivity contribution in [3.63, 3.8) is 0 Å². The van der Waals surface area contributed by atoms with Crippen LogP contribution in [0, 0.1) is 0 Å². The number of aromatic nitrogens is 1. The minimum atomic E-state index is 0.318. The van der Waals surface area contributed by atoms with E-state index in [1.807, 2.05) is 30.3 Å². The topological polar surface area (TPSA) is 59.1 Å². The van der Waals surface area contributed by atoms with Crippen molar-refractivity contribution < 1.29 is 5.11 Å². The third-order valence-electron chi connectivity index (χ3n) is 2.84. The molecule has 0 atom stereocenters. The van der Waals surface area contributed by atoms with Gasteiger partial charge in [0.25, 0.3) is 0 Å². The van der Waals surface area contributed by atoms with Gasteiger partial charge in [-0.3, -0.25) is 4.98 Å². The van der Waals surface area contributed by atoms with E-state index < -0.39 is 0 Å². The molecule has 0 saturated heterocycles. The molecule has 1 aromatic carbocycles. The standard InChI is InChI=1S/C14H12N2OS/c15-8-9-4-5-16-11(6-9)13-7-10-2-1-3-12(17)14(10)18-13/h1-7,17H,8,15H2. The third-order valence-corrected chi connectivity index (χ3v) is 4.03. The Labute approximate surface area is 109 Å². The number of aromatic hydroxyl groups is 1. The van der Waals surface area contributed by atoms with Gasteiger partial charge in [-0.05, 0) is 35.2 Å². The van der Waals surface area contributed by atoms with E-state index in [1.165, 1.54) is 0 Å². The zero-order chi connectivity index (χ0) is 12.5. The number of fused-ring (bicyclic) bond motifs is 1. The maximum absolute atomic E-state index is 9.80. The lowest BCUT2D eigenvalue weighted by atomic mass is 10.2. The lowest BCUT2D eigenvalue weighted by molar-refractivity contribution is 0.482. The molecule has 3 nitrogen and oxygen atoms in total. The Hall–Kier alpha value is -1.91. The summed E-state index contributed by atoms with van der Waals surface area (Å²) >= 11 is 1.54. The molecule has 0 spiro atoms. The lowest BCUT2D eigenvalue weighted by Gasteiger charge is -1.99. The van der Waals surface area contributed by atoms with E-state index >= 15 is 0 Å². The van der Waals surface area contributed by atoms with E-state index in [0.717, 1.165) is 26.2 Å². The lowest BCUT2D eigenvalue weighted by Crippen LogP contribution is -1.96. The Morgan fingerprint density at radius 1 is 1.22 bits per heavy atom. The molecule has 2 heterocycles. The molecule has 0 bridgehead atoms. The fraction of sp³-hybridized carbons (Fsp3) is 0.0714. The van der Waals surface area contributed by atoms with Crippen LogP contribution >= 0.6 is 11.3 Å². The molecule has 3 aromatic rings. The molecule has 4 heteroatoms. The largest absolute Gasteiger partial charge is 0.506 e. The van der Waals surface area contributed by atoms with Crippen LogP contribution in [-0.4, -0.2) is 10.1 Å². The predicted molar refractivity (Wildman–Crippen MR) is 74.6 cm³/mol. The van der Waals surface area contributed by atoms with Crippen molar-refractivity contribution >= 4 is 21.4 Å². The van der Waals surface area contributed by atoms with Gasteiger partial charge in [-0.25, -0.2) is 0 Å². The summed E-state index contributed by atoms with van der Waals surface area (Å²) in [5.41, 5.74) is 7.59. The van der Waals surface area contributed by atoms with Crippen LogP contribution in [0.4, 0.5) is 0 Å². The van der Waals surface area contributed by atoms with E-state index in [9.17, 15) is 5.11 Å². The Morgan fingerprint density at radius 3 is 2.89 bits per heavy atom. The van der Waals surface area contributed by atoms with Gasteiger partial charge in [0.1, 0.15) is 5.75 Å². The molecule has 3 N–H and O–H groups in total. The van der Waals surface area contributed by atoms with Crippen molar-refractivity contribution in [2.75, 3.05) is 0 Å². The van der Waals surface area contributed by atoms with E-state index in [-0.39, 0.29) is 0 Å². The molecule has 0 aliphatic heterocycles. The van der Waals surface area contributed by atoms with E-state index in [2.05, 4.69) is 4.98 Å². The van der Waals surface area contributed by atoms with Gasteiger partial charge in [0, 0.05) is 12.7 Å². The normalized spacial score (nSPS) is 10.9. The average molecular weight is 256 g/mol. The molecular weight excluding hydrogens is 244 g/mol. The first-order chi connectivity index (χ1) is 8.78. The highest BCUT2D eigenvalue weighted by molar-refractivity contribution is 7.22. The second-order valence-electron chi connectivity index (χ2n) is 4.06. The summed E-state index contributed by atoms with van der Waals surface area (Å²) in [7, 11) is 0. The van der Waals surface area contributed by atoms with E-state index in [4.69, 9.17) is 5.73 Å². The van der Waals surface area contributed by atoms with Gasteiger partial charge < -0.3 is 10.8 Å². The molecule has 3 rings (SSSR count). The quantitative estimate of drug-likeness (QED) is 0.740. The molecule has 0 radical (unpaired) electrons. The third kappa shape index (κ3) is 1.85. The summed E-state index contributed by atoms with van der Waals surface area (Å²) in [6.45, 7) is 0.506. The number of phenols is 1. The van der Waals surface area contributed by atoms with Crippen LogP contribution in [0.3, 0.4) is 0 Å². The smallest absolute Gasteiger partial charge is 0.133 e. The van der Waals surface area contributed by atoms with Crippen LogP contribution in [0.15, 0.2) is 42.6 Å². The van der Waals surface area contributed by atoms with Crippen LogP contribution in [0.2, 0.25) is 0 Å². The predicted octanol–water partition coefficient (Wildman–Crippen LogP) is 3.13. The van der Waals surface area contributed by atoms with Crippen LogP contribution in [-0.2, 0) is 6.54 Å². The van der Waals surface area contributed by atoms with Gasteiger partial charge in [-0.1, -0.05) is 12.1 Å². The van der Waals surface area contributed by atoms with Crippen molar-refractivity contribution in [3.8, 4) is 16.3 Å². The summed E-state index contributed by atoms with van der Waals surface area (Å²) in [5.74, 6) is 0.318. The number of hydrogen-bond acceptors (Lipinski definition) is 4. The fourth-order valence-electron chi connectivity index (χ4n) is 1.91. The number of hydrogen-bond donors (Lipinski definition) is 2. The molecule has 2 aromatic heterocycles. The summed E-state index contributed by atoms with van der Waals surface area (Å²) in [6, 6.07) is 11.5. The summed E-state index contributed by atoms with van der Waals surface area (Å²) in [4.78, 5) is 5.40. The number of pyridine rings is 1. The Morgan fingerprint density at radius 2 is 2.11 bits per heavy atom. The SMILES string of the molecule is NCc1ccnc(-c2cc3cccc(O)c3s2)c1. The van der Waals surface area contributed by atoms with Crippen molar-refractivity contribution in [2.45, 2.75) is 6.54 Å². The molecule has 0 aliphatic rings. The first kappa shape index (κ1) is 11.2. The first-order valence-corrected chi connectivity index (χ1v) is 6.46. The number of phenolic OH excluding ortho intramolecular Hbond substituents is 1. The molecular formula is C14H12N2OS. The Bertz CT molecular complexity index is 706. The summed E-state index contributed by atoms with van der Waals surface area (Å²) in [6.07, 6.45) is 1.77. The highest BCUT2D eigenvalue weighted by atomic mass is 32.1. The van der Waals surface area contributed by atoms with Gasteiger partial charge in [-0.2, -0.15) is 0 Å². The first-order valence-electron chi connectivity index (χ1n) is 5.65. The molecule has 0 fully saturated rings. The molecule has 0 amide bonds. The minimum Gasteiger partial charge on any atom is -0.506 e. The van der Waals surface area contributed by atoms with Crippen LogP contribution in [0.1, 0.15) is 5.56 Å². The summed E-state index contributed by atoms with van der Waals surface area (Å²) < 4.78 is 0.896. The van der Waals surface area contributed by atoms with Gasteiger partial charge in [0.2, 0.25) is 0 Å². The number of thiophene rings is 1. The highest BCUT2D eigenvalue weighted by Crippen LogP contribution is 2.37. The van der Waals surface area contributed by atoms with Crippen LogP contribution in [0.5, 0.6) is 5.75 Å². The number of nitrogens with two attached hydrogens (primary N) is 1. The van der Waals surface area contributed by atoms with Crippen molar-refractivity contribution in [2.24, 2.45) is 5.73 Å². The summed E-state index contributed by atoms with van der Waals surface area (Å²) in [5, 5.41) is 10.8. The number of rotatable bonds is 2. The van der Waals surface area contributed by atoms with Crippen molar-refractivity contribution in [1.82, 2.24) is 4.98 Å². The second-order valence-corrected chi connectivity index (χ2v) is 5.11. The molecule has 18 heavy (non-hydrogen) atoms. The van der Waals surface area contributed by atoms with Gasteiger partial charge in [0.05, 0.1) is 15.3 Å². The van der Waals surface area contributed by atoms with Gasteiger partial charge in [-0.15, -0.1) is 11.3 Å². The highest BCUT2D eigenvalue weighted by Gasteiger charge is 2.08. The van der Waals surface area contributed by atoms with Gasteiger partial charge >= 0.3 is 0 Å². The maximum Gasteiger partial charge on any atom is 0.133 e. The molecule has 0 aliphatic carbocycles. The molecule has 0 saturated carbocycles. The Kier molecular flexibility index (Phi) is 2.74. The zero-order valence-electron chi connectivity index (χ0n) is 9.63. The zero-order valence-corrected chi connectivity index (χ0v) is 10.4. The average Bonchev–Trinajstić information content (AvgIpc) is 2.84. The van der Waals surface area contributed by atoms with E-state index in [0.29, 0.717) is 12.3 Å². The second kappa shape index (κ2) is 4.40. The molecule has 0 unspecified atom stereocenters. The monoisotopic (exact) mass is 256 g/mol. The molecule has 90 valence electrons. The number of benzene rings is 1. The van der Waals surface area contributed by atoms with E-state index in [1.54, 1.807) is 23.6 Å². The van der Waals surface area contributed by atoms with Crippen LogP contribution < -0.4 is 5.73 Å². The maximum atomic E-state index is 9.80. The Balaban J connectivity index is 2.16. The van der Waals surface area contributed by atoms with Crippen molar-refractivity contribution in [3.05, 3.63) is 48.2 Å².